The first-order valence-electron chi connectivity index (χ1n) is 8.84. The predicted octanol–water partition coefficient (Wildman–Crippen LogP) is 5.56. The molecule has 10 heteroatoms. The lowest BCUT2D eigenvalue weighted by molar-refractivity contribution is -0.137. The zero-order valence-corrected chi connectivity index (χ0v) is 15.8. The number of methoxy groups -OCH3 is 1. The number of ether oxygens (including phenoxy) is 2. The molecule has 0 atom stereocenters. The Labute approximate surface area is 171 Å². The molecule has 0 bridgehead atoms. The molecule has 0 N–H and O–H groups in total. The van der Waals surface area contributed by atoms with Gasteiger partial charge in [0.25, 0.3) is 0 Å². The fraction of sp³-hybridized carbons (Fsp3) is 0.143. The molecule has 0 spiro atoms. The fourth-order valence-corrected chi connectivity index (χ4v) is 3.26. The first-order valence-corrected chi connectivity index (χ1v) is 8.84. The summed E-state index contributed by atoms with van der Waals surface area (Å²) in [6.45, 7) is -3.06. The Balaban J connectivity index is 1.96. The Hall–Kier alpha value is -3.69. The second kappa shape index (κ2) is 7.53. The Morgan fingerprint density at radius 2 is 1.74 bits per heavy atom. The largest absolute Gasteiger partial charge is 0.465 e. The number of aromatic nitrogens is 2. The predicted molar refractivity (Wildman–Crippen MR) is 101 cm³/mol. The van der Waals surface area contributed by atoms with Crippen LogP contribution in [0.15, 0.2) is 54.7 Å². The zero-order valence-electron chi connectivity index (χ0n) is 15.8. The molecule has 0 aliphatic heterocycles. The number of hydrogen-bond acceptors (Lipinski definition) is 4. The molecule has 0 saturated carbocycles. The van der Waals surface area contributed by atoms with Gasteiger partial charge in [0, 0.05) is 11.6 Å². The smallest absolute Gasteiger partial charge is 0.416 e. The number of halogens is 5. The van der Waals surface area contributed by atoms with Gasteiger partial charge in [-0.3, -0.25) is 0 Å². The van der Waals surface area contributed by atoms with Crippen molar-refractivity contribution in [3.05, 3.63) is 65.9 Å². The van der Waals surface area contributed by atoms with Crippen LogP contribution in [-0.2, 0) is 10.9 Å². The highest BCUT2D eigenvalue weighted by molar-refractivity contribution is 5.95. The number of esters is 1. The van der Waals surface area contributed by atoms with Gasteiger partial charge in [-0.25, -0.2) is 9.78 Å². The number of benzene rings is 2. The van der Waals surface area contributed by atoms with E-state index in [4.69, 9.17) is 4.74 Å². The number of rotatable bonds is 4. The van der Waals surface area contributed by atoms with Gasteiger partial charge >= 0.3 is 18.8 Å². The van der Waals surface area contributed by atoms with Crippen molar-refractivity contribution in [1.82, 2.24) is 9.38 Å². The molecule has 0 saturated heterocycles. The molecule has 160 valence electrons. The van der Waals surface area contributed by atoms with Crippen LogP contribution in [0.25, 0.3) is 27.8 Å². The van der Waals surface area contributed by atoms with Crippen molar-refractivity contribution >= 4 is 22.5 Å². The highest BCUT2D eigenvalue weighted by Gasteiger charge is 2.30. The van der Waals surface area contributed by atoms with Gasteiger partial charge in [0.15, 0.2) is 0 Å². The van der Waals surface area contributed by atoms with E-state index < -0.39 is 24.3 Å². The van der Waals surface area contributed by atoms with E-state index in [-0.39, 0.29) is 17.0 Å². The average molecular weight is 436 g/mol. The number of carbonyl (C=O) groups is 1. The summed E-state index contributed by atoms with van der Waals surface area (Å²) >= 11 is 0. The Morgan fingerprint density at radius 1 is 1.03 bits per heavy atom. The maximum Gasteiger partial charge on any atom is 0.416 e. The van der Waals surface area contributed by atoms with E-state index in [1.807, 2.05) is 0 Å². The minimum atomic E-state index is -4.51. The monoisotopic (exact) mass is 436 g/mol. The lowest BCUT2D eigenvalue weighted by atomic mass is 10.1. The number of nitrogens with zero attached hydrogens (tertiary/aromatic N) is 2. The van der Waals surface area contributed by atoms with Crippen molar-refractivity contribution in [2.24, 2.45) is 0 Å². The van der Waals surface area contributed by atoms with E-state index in [2.05, 4.69) is 9.72 Å². The molecule has 0 amide bonds. The summed E-state index contributed by atoms with van der Waals surface area (Å²) in [5, 5.41) is 0. The summed E-state index contributed by atoms with van der Waals surface area (Å²) in [4.78, 5) is 16.3. The van der Waals surface area contributed by atoms with Gasteiger partial charge in [-0.2, -0.15) is 22.0 Å². The number of alkyl halides is 5. The molecular formula is C21H13F5N2O3. The summed E-state index contributed by atoms with van der Waals surface area (Å²) in [5.74, 6) is -0.747. The van der Waals surface area contributed by atoms with Crippen LogP contribution in [0.2, 0.25) is 0 Å². The van der Waals surface area contributed by atoms with Gasteiger partial charge in [0.05, 0.1) is 46.7 Å². The van der Waals surface area contributed by atoms with Crippen LogP contribution in [0.3, 0.4) is 0 Å². The lowest BCUT2D eigenvalue weighted by Crippen LogP contribution is -2.04. The zero-order chi connectivity index (χ0) is 22.3. The van der Waals surface area contributed by atoms with Crippen LogP contribution in [-0.4, -0.2) is 29.1 Å². The third kappa shape index (κ3) is 3.88. The van der Waals surface area contributed by atoms with Crippen LogP contribution in [0.4, 0.5) is 22.0 Å². The molecule has 2 aromatic heterocycles. The molecule has 5 nitrogen and oxygen atoms in total. The highest BCUT2D eigenvalue weighted by atomic mass is 19.4. The van der Waals surface area contributed by atoms with E-state index in [1.165, 1.54) is 48.0 Å². The standard InChI is InChI=1S/C21H13F5N2O3/c1-30-19(29)12-4-7-16-15(8-12)27-18(11-2-5-13(6-3-11)21(24,25)26)17-9-14(10-28(16)17)31-20(22)23/h2-10,20H,1H3. The number of carbonyl (C=O) groups excluding carboxylic acids is 1. The van der Waals surface area contributed by atoms with Crippen molar-refractivity contribution in [2.75, 3.05) is 7.11 Å². The van der Waals surface area contributed by atoms with Crippen molar-refractivity contribution in [3.8, 4) is 17.0 Å². The molecule has 4 aromatic rings. The molecule has 4 rings (SSSR count). The van der Waals surface area contributed by atoms with Crippen LogP contribution < -0.4 is 4.74 Å². The molecule has 0 aliphatic carbocycles. The average Bonchev–Trinajstić information content (AvgIpc) is 3.14. The van der Waals surface area contributed by atoms with Gasteiger partial charge in [0.2, 0.25) is 0 Å². The molecule has 0 fully saturated rings. The van der Waals surface area contributed by atoms with E-state index in [1.54, 1.807) is 6.07 Å². The molecule has 2 aromatic carbocycles. The molecule has 0 radical (unpaired) electrons. The molecule has 31 heavy (non-hydrogen) atoms. The van der Waals surface area contributed by atoms with Gasteiger partial charge in [-0.15, -0.1) is 0 Å². The van der Waals surface area contributed by atoms with Gasteiger partial charge in [-0.1, -0.05) is 12.1 Å². The van der Waals surface area contributed by atoms with Crippen LogP contribution in [0.5, 0.6) is 5.75 Å². The Morgan fingerprint density at radius 3 is 2.35 bits per heavy atom. The summed E-state index contributed by atoms with van der Waals surface area (Å²) in [6, 6.07) is 10.1. The first kappa shape index (κ1) is 20.6. The highest BCUT2D eigenvalue weighted by Crippen LogP contribution is 2.34. The summed E-state index contributed by atoms with van der Waals surface area (Å²) < 4.78 is 74.9. The van der Waals surface area contributed by atoms with E-state index >= 15 is 0 Å². The minimum Gasteiger partial charge on any atom is -0.465 e. The Bertz CT molecular complexity index is 1280. The van der Waals surface area contributed by atoms with Crippen molar-refractivity contribution < 1.29 is 36.2 Å². The van der Waals surface area contributed by atoms with E-state index in [0.717, 1.165) is 12.1 Å². The summed E-state index contributed by atoms with van der Waals surface area (Å²) in [7, 11) is 1.22. The van der Waals surface area contributed by atoms with Crippen molar-refractivity contribution in [3.63, 3.8) is 0 Å². The van der Waals surface area contributed by atoms with Crippen LogP contribution in [0.1, 0.15) is 15.9 Å². The molecular weight excluding hydrogens is 423 g/mol. The first-order chi connectivity index (χ1) is 14.7. The van der Waals surface area contributed by atoms with Gasteiger partial charge in [-0.05, 0) is 30.3 Å². The quantitative estimate of drug-likeness (QED) is 0.311. The molecule has 0 aliphatic rings. The second-order valence-corrected chi connectivity index (χ2v) is 6.54. The minimum absolute atomic E-state index is 0.144. The normalized spacial score (nSPS) is 12.0. The number of fused-ring (bicyclic) bond motifs is 3. The summed E-state index contributed by atoms with van der Waals surface area (Å²) in [5.41, 5.74) is 1.05. The van der Waals surface area contributed by atoms with Crippen LogP contribution >= 0.6 is 0 Å². The van der Waals surface area contributed by atoms with E-state index in [9.17, 15) is 26.7 Å². The SMILES string of the molecule is COC(=O)c1ccc2c(c1)nc(-c1ccc(C(F)(F)F)cc1)c1cc(OC(F)F)cn12. The maximum atomic E-state index is 12.9. The van der Waals surface area contributed by atoms with Gasteiger partial charge in [0.1, 0.15) is 5.75 Å². The topological polar surface area (TPSA) is 52.8 Å². The second-order valence-electron chi connectivity index (χ2n) is 6.54. The third-order valence-corrected chi connectivity index (χ3v) is 4.64. The molecule has 2 heterocycles. The van der Waals surface area contributed by atoms with Crippen LogP contribution in [0, 0.1) is 0 Å². The Kier molecular flexibility index (Phi) is 5.00. The summed E-state index contributed by atoms with van der Waals surface area (Å²) in [6.07, 6.45) is -3.19. The molecule has 0 unspecified atom stereocenters. The maximum absolute atomic E-state index is 12.9. The number of hydrogen-bond donors (Lipinski definition) is 0. The van der Waals surface area contributed by atoms with Gasteiger partial charge < -0.3 is 13.9 Å². The van der Waals surface area contributed by atoms with E-state index in [0.29, 0.717) is 22.1 Å². The van der Waals surface area contributed by atoms with Crippen molar-refractivity contribution in [2.45, 2.75) is 12.8 Å². The fourth-order valence-electron chi connectivity index (χ4n) is 3.26. The third-order valence-electron chi connectivity index (χ3n) is 4.64. The van der Waals surface area contributed by atoms with Crippen molar-refractivity contribution in [1.29, 1.82) is 0 Å². The lowest BCUT2D eigenvalue weighted by Gasteiger charge is -2.11.